The Balaban J connectivity index is 1.92. The van der Waals surface area contributed by atoms with E-state index in [1.165, 1.54) is 12.1 Å². The molecule has 0 fully saturated rings. The maximum Gasteiger partial charge on any atom is 0.144 e. The number of halogens is 1. The summed E-state index contributed by atoms with van der Waals surface area (Å²) in [5.41, 5.74) is 3.58. The fourth-order valence-corrected chi connectivity index (χ4v) is 3.02. The van der Waals surface area contributed by atoms with Gasteiger partial charge in [-0.05, 0) is 30.7 Å². The van der Waals surface area contributed by atoms with Gasteiger partial charge in [0.1, 0.15) is 23.1 Å². The molecule has 3 aromatic rings. The van der Waals surface area contributed by atoms with Gasteiger partial charge in [0.2, 0.25) is 0 Å². The number of ether oxygens (including phenoxy) is 1. The van der Waals surface area contributed by atoms with E-state index in [0.717, 1.165) is 47.0 Å². The Morgan fingerprint density at radius 2 is 2.04 bits per heavy atom. The van der Waals surface area contributed by atoms with Gasteiger partial charge in [0, 0.05) is 17.7 Å². The second-order valence-electron chi connectivity index (χ2n) is 5.45. The number of hydrogen-bond acceptors (Lipinski definition) is 3. The number of methoxy groups -OCH3 is 1. The Morgan fingerprint density at radius 1 is 1.17 bits per heavy atom. The number of nitrogens with zero attached hydrogens (tertiary/aromatic N) is 2. The molecule has 5 heteroatoms. The SMILES string of the molecule is COc1ccccc1-n1nc(-c2cccc(F)c2)c2c1NCC2. The molecule has 0 radical (unpaired) electrons. The quantitative estimate of drug-likeness (QED) is 0.802. The fraction of sp³-hybridized carbons (Fsp3) is 0.167. The summed E-state index contributed by atoms with van der Waals surface area (Å²) >= 11 is 0. The lowest BCUT2D eigenvalue weighted by molar-refractivity contribution is 0.412. The molecule has 2 aromatic carbocycles. The maximum absolute atomic E-state index is 13.6. The number of hydrogen-bond donors (Lipinski definition) is 1. The predicted molar refractivity (Wildman–Crippen MR) is 87.7 cm³/mol. The molecule has 0 unspecified atom stereocenters. The Labute approximate surface area is 133 Å². The normalized spacial score (nSPS) is 12.8. The highest BCUT2D eigenvalue weighted by Crippen LogP contribution is 2.36. The molecular formula is C18H16FN3O. The second-order valence-corrected chi connectivity index (χ2v) is 5.45. The molecule has 0 saturated carbocycles. The molecular weight excluding hydrogens is 293 g/mol. The summed E-state index contributed by atoms with van der Waals surface area (Å²) in [5, 5.41) is 8.10. The van der Waals surface area contributed by atoms with E-state index in [0.29, 0.717) is 0 Å². The summed E-state index contributed by atoms with van der Waals surface area (Å²) in [5.74, 6) is 1.44. The number of para-hydroxylation sites is 2. The number of aromatic nitrogens is 2. The van der Waals surface area contributed by atoms with Gasteiger partial charge in [-0.25, -0.2) is 9.07 Å². The van der Waals surface area contributed by atoms with E-state index in [4.69, 9.17) is 9.84 Å². The lowest BCUT2D eigenvalue weighted by Crippen LogP contribution is -2.05. The lowest BCUT2D eigenvalue weighted by atomic mass is 10.1. The van der Waals surface area contributed by atoms with Crippen LogP contribution in [0.3, 0.4) is 0 Å². The molecule has 0 saturated heterocycles. The zero-order chi connectivity index (χ0) is 15.8. The molecule has 1 N–H and O–H groups in total. The molecule has 23 heavy (non-hydrogen) atoms. The minimum absolute atomic E-state index is 0.256. The largest absolute Gasteiger partial charge is 0.494 e. The van der Waals surface area contributed by atoms with E-state index in [1.807, 2.05) is 35.0 Å². The highest BCUT2D eigenvalue weighted by Gasteiger charge is 2.25. The number of anilines is 1. The van der Waals surface area contributed by atoms with Crippen molar-refractivity contribution in [3.05, 3.63) is 59.9 Å². The summed E-state index contributed by atoms with van der Waals surface area (Å²) in [4.78, 5) is 0. The first-order valence-corrected chi connectivity index (χ1v) is 7.53. The van der Waals surface area contributed by atoms with Crippen LogP contribution < -0.4 is 10.1 Å². The first kappa shape index (κ1) is 13.8. The number of fused-ring (bicyclic) bond motifs is 1. The summed E-state index contributed by atoms with van der Waals surface area (Å²) in [6.45, 7) is 0.852. The first-order chi connectivity index (χ1) is 11.3. The third-order valence-electron chi connectivity index (χ3n) is 4.06. The van der Waals surface area contributed by atoms with Crippen molar-refractivity contribution in [1.29, 1.82) is 0 Å². The van der Waals surface area contributed by atoms with E-state index < -0.39 is 0 Å². The molecule has 2 heterocycles. The molecule has 1 aliphatic heterocycles. The zero-order valence-electron chi connectivity index (χ0n) is 12.7. The van der Waals surface area contributed by atoms with Crippen LogP contribution in [0.4, 0.5) is 10.2 Å². The highest BCUT2D eigenvalue weighted by molar-refractivity contribution is 5.73. The van der Waals surface area contributed by atoms with Crippen molar-refractivity contribution in [3.63, 3.8) is 0 Å². The van der Waals surface area contributed by atoms with Crippen LogP contribution in [0.25, 0.3) is 16.9 Å². The van der Waals surface area contributed by atoms with Crippen molar-refractivity contribution >= 4 is 5.82 Å². The number of nitrogens with one attached hydrogen (secondary N) is 1. The summed E-state index contributed by atoms with van der Waals surface area (Å²) in [6.07, 6.45) is 0.871. The highest BCUT2D eigenvalue weighted by atomic mass is 19.1. The van der Waals surface area contributed by atoms with Crippen LogP contribution in [0.2, 0.25) is 0 Å². The van der Waals surface area contributed by atoms with Gasteiger partial charge in [0.25, 0.3) is 0 Å². The van der Waals surface area contributed by atoms with Crippen molar-refractivity contribution in [2.75, 3.05) is 19.0 Å². The van der Waals surface area contributed by atoms with E-state index in [9.17, 15) is 4.39 Å². The molecule has 1 aromatic heterocycles. The van der Waals surface area contributed by atoms with Crippen LogP contribution in [-0.4, -0.2) is 23.4 Å². The van der Waals surface area contributed by atoms with Crippen molar-refractivity contribution < 1.29 is 9.13 Å². The van der Waals surface area contributed by atoms with Crippen molar-refractivity contribution in [1.82, 2.24) is 9.78 Å². The lowest BCUT2D eigenvalue weighted by Gasteiger charge is -2.10. The Morgan fingerprint density at radius 3 is 2.87 bits per heavy atom. The van der Waals surface area contributed by atoms with Crippen LogP contribution in [0, 0.1) is 5.82 Å². The smallest absolute Gasteiger partial charge is 0.144 e. The third kappa shape index (κ3) is 2.25. The van der Waals surface area contributed by atoms with Crippen molar-refractivity contribution in [2.45, 2.75) is 6.42 Å². The van der Waals surface area contributed by atoms with Gasteiger partial charge >= 0.3 is 0 Å². The number of rotatable bonds is 3. The fourth-order valence-electron chi connectivity index (χ4n) is 3.02. The Bertz CT molecular complexity index is 872. The van der Waals surface area contributed by atoms with E-state index >= 15 is 0 Å². The molecule has 0 amide bonds. The average Bonchev–Trinajstić information content (AvgIpc) is 3.17. The van der Waals surface area contributed by atoms with Crippen LogP contribution in [0.5, 0.6) is 5.75 Å². The topological polar surface area (TPSA) is 39.1 Å². The van der Waals surface area contributed by atoms with Gasteiger partial charge in [-0.3, -0.25) is 0 Å². The maximum atomic E-state index is 13.6. The van der Waals surface area contributed by atoms with E-state index in [1.54, 1.807) is 13.2 Å². The van der Waals surface area contributed by atoms with Gasteiger partial charge in [0.05, 0.1) is 12.8 Å². The molecule has 116 valence electrons. The van der Waals surface area contributed by atoms with Gasteiger partial charge < -0.3 is 10.1 Å². The third-order valence-corrected chi connectivity index (χ3v) is 4.06. The van der Waals surface area contributed by atoms with Crippen molar-refractivity contribution in [3.8, 4) is 22.7 Å². The molecule has 0 atom stereocenters. The summed E-state index contributed by atoms with van der Waals surface area (Å²) in [6, 6.07) is 14.3. The van der Waals surface area contributed by atoms with Gasteiger partial charge in [-0.2, -0.15) is 5.10 Å². The standard InChI is InChI=1S/C18H16FN3O/c1-23-16-8-3-2-7-15(16)22-18-14(9-10-20-18)17(21-22)12-5-4-6-13(19)11-12/h2-8,11,20H,9-10H2,1H3. The zero-order valence-corrected chi connectivity index (χ0v) is 12.7. The van der Waals surface area contributed by atoms with Gasteiger partial charge in [-0.15, -0.1) is 0 Å². The average molecular weight is 309 g/mol. The molecule has 0 aliphatic carbocycles. The first-order valence-electron chi connectivity index (χ1n) is 7.53. The van der Waals surface area contributed by atoms with Crippen LogP contribution in [-0.2, 0) is 6.42 Å². The molecule has 0 bridgehead atoms. The Kier molecular flexibility index (Phi) is 3.26. The van der Waals surface area contributed by atoms with Crippen LogP contribution in [0.15, 0.2) is 48.5 Å². The van der Waals surface area contributed by atoms with Crippen molar-refractivity contribution in [2.24, 2.45) is 0 Å². The van der Waals surface area contributed by atoms with E-state index in [2.05, 4.69) is 5.32 Å². The predicted octanol–water partition coefficient (Wildman–Crippen LogP) is 3.66. The minimum Gasteiger partial charge on any atom is -0.494 e. The monoisotopic (exact) mass is 309 g/mol. The van der Waals surface area contributed by atoms with Crippen LogP contribution >= 0.6 is 0 Å². The van der Waals surface area contributed by atoms with E-state index in [-0.39, 0.29) is 5.82 Å². The molecule has 0 spiro atoms. The Hall–Kier alpha value is -2.82. The molecule has 4 nitrogen and oxygen atoms in total. The molecule has 1 aliphatic rings. The number of benzene rings is 2. The van der Waals surface area contributed by atoms with Gasteiger partial charge in [-0.1, -0.05) is 24.3 Å². The van der Waals surface area contributed by atoms with Gasteiger partial charge in [0.15, 0.2) is 0 Å². The summed E-state index contributed by atoms with van der Waals surface area (Å²) in [7, 11) is 1.64. The minimum atomic E-state index is -0.256. The summed E-state index contributed by atoms with van der Waals surface area (Å²) < 4.78 is 20.9. The second kappa shape index (κ2) is 5.43. The molecule has 4 rings (SSSR count). The van der Waals surface area contributed by atoms with Crippen LogP contribution in [0.1, 0.15) is 5.56 Å².